The zero-order valence-electron chi connectivity index (χ0n) is 16.2. The first kappa shape index (κ1) is 20.7. The molecular weight excluding hydrogens is 402 g/mol. The number of amides is 1. The molecule has 0 atom stereocenters. The summed E-state index contributed by atoms with van der Waals surface area (Å²) in [5.74, 6) is -1.54. The van der Waals surface area contributed by atoms with Crippen molar-refractivity contribution < 1.29 is 26.7 Å². The van der Waals surface area contributed by atoms with E-state index in [1.165, 1.54) is 4.31 Å². The molecule has 1 aromatic carbocycles. The third-order valence-corrected chi connectivity index (χ3v) is 7.93. The van der Waals surface area contributed by atoms with Crippen LogP contribution in [0.25, 0.3) is 0 Å². The van der Waals surface area contributed by atoms with Crippen LogP contribution in [0.5, 0.6) is 0 Å². The molecule has 1 aromatic rings. The molecule has 2 aliphatic heterocycles. The molecule has 0 spiro atoms. The van der Waals surface area contributed by atoms with Crippen molar-refractivity contribution in [3.05, 3.63) is 29.8 Å². The van der Waals surface area contributed by atoms with Crippen LogP contribution in [0, 0.1) is 17.6 Å². The number of halogens is 2. The van der Waals surface area contributed by atoms with Crippen LogP contribution in [0.1, 0.15) is 38.5 Å². The molecule has 3 aliphatic rings. The average molecular weight is 429 g/mol. The maximum absolute atomic E-state index is 13.5. The summed E-state index contributed by atoms with van der Waals surface area (Å²) < 4.78 is 59.3. The summed E-state index contributed by atoms with van der Waals surface area (Å²) in [7, 11) is -3.98. The molecule has 0 aromatic heterocycles. The van der Waals surface area contributed by atoms with Gasteiger partial charge in [-0.2, -0.15) is 4.31 Å². The lowest BCUT2D eigenvalue weighted by Crippen LogP contribution is -2.54. The Bertz CT molecular complexity index is 841. The maximum atomic E-state index is 13.5. The highest BCUT2D eigenvalue weighted by atomic mass is 32.2. The van der Waals surface area contributed by atoms with E-state index in [0.29, 0.717) is 32.1 Å². The van der Waals surface area contributed by atoms with Crippen LogP contribution in [0.15, 0.2) is 23.1 Å². The van der Waals surface area contributed by atoms with Crippen molar-refractivity contribution in [1.82, 2.24) is 9.21 Å². The van der Waals surface area contributed by atoms with E-state index < -0.39 is 21.7 Å². The minimum Gasteiger partial charge on any atom is -0.381 e. The Hall–Kier alpha value is -1.58. The van der Waals surface area contributed by atoms with Crippen molar-refractivity contribution in [3.8, 4) is 0 Å². The van der Waals surface area contributed by atoms with E-state index >= 15 is 0 Å². The molecule has 9 heteroatoms. The molecule has 2 heterocycles. The highest BCUT2D eigenvalue weighted by molar-refractivity contribution is 7.89. The summed E-state index contributed by atoms with van der Waals surface area (Å²) >= 11 is 0. The number of hydrogen-bond acceptors (Lipinski definition) is 4. The summed E-state index contributed by atoms with van der Waals surface area (Å²) in [6.07, 6.45) is 4.51. The third kappa shape index (κ3) is 4.46. The highest BCUT2D eigenvalue weighted by Gasteiger charge is 2.42. The number of piperidine rings is 1. The van der Waals surface area contributed by atoms with Crippen molar-refractivity contribution in [2.24, 2.45) is 5.92 Å². The van der Waals surface area contributed by atoms with Crippen molar-refractivity contribution in [2.75, 3.05) is 26.3 Å². The quantitative estimate of drug-likeness (QED) is 0.723. The Labute approximate surface area is 169 Å². The Morgan fingerprint density at radius 2 is 1.48 bits per heavy atom. The molecule has 1 amide bonds. The zero-order valence-corrected chi connectivity index (χ0v) is 17.0. The molecule has 0 bridgehead atoms. The number of sulfonamides is 1. The second-order valence-corrected chi connectivity index (χ2v) is 10.0. The lowest BCUT2D eigenvalue weighted by atomic mass is 9.98. The molecular formula is C20H26F2N2O4S. The Balaban J connectivity index is 1.47. The van der Waals surface area contributed by atoms with Crippen molar-refractivity contribution in [1.29, 1.82) is 0 Å². The van der Waals surface area contributed by atoms with Crippen LogP contribution in [0.4, 0.5) is 8.78 Å². The minimum absolute atomic E-state index is 0.0121. The smallest absolute Gasteiger partial charge is 0.243 e. The monoisotopic (exact) mass is 428 g/mol. The number of nitrogens with zero attached hydrogens (tertiary/aromatic N) is 2. The summed E-state index contributed by atoms with van der Waals surface area (Å²) in [6, 6.07) is 2.47. The van der Waals surface area contributed by atoms with E-state index in [-0.39, 0.29) is 41.9 Å². The molecule has 0 radical (unpaired) electrons. The van der Waals surface area contributed by atoms with Gasteiger partial charge in [0, 0.05) is 50.4 Å². The fourth-order valence-electron chi connectivity index (χ4n) is 4.35. The Kier molecular flexibility index (Phi) is 5.90. The SMILES string of the molecule is O=C(C1CC1)N(C1CCOCC1)C1CCN(S(=O)(=O)c2cc(F)cc(F)c2)CC1. The van der Waals surface area contributed by atoms with Gasteiger partial charge in [-0.1, -0.05) is 0 Å². The summed E-state index contributed by atoms with van der Waals surface area (Å²) in [6.45, 7) is 1.72. The average Bonchev–Trinajstić information content (AvgIpc) is 3.54. The predicted molar refractivity (Wildman–Crippen MR) is 102 cm³/mol. The topological polar surface area (TPSA) is 66.9 Å². The largest absolute Gasteiger partial charge is 0.381 e. The van der Waals surface area contributed by atoms with Gasteiger partial charge in [-0.15, -0.1) is 0 Å². The van der Waals surface area contributed by atoms with Crippen LogP contribution in [-0.4, -0.2) is 61.9 Å². The lowest BCUT2D eigenvalue weighted by Gasteiger charge is -2.43. The number of benzene rings is 1. The van der Waals surface area contributed by atoms with Gasteiger partial charge in [-0.25, -0.2) is 17.2 Å². The minimum atomic E-state index is -3.98. The zero-order chi connectivity index (χ0) is 20.6. The molecule has 0 unspecified atom stereocenters. The first-order valence-electron chi connectivity index (χ1n) is 10.2. The number of hydrogen-bond donors (Lipinski definition) is 0. The van der Waals surface area contributed by atoms with Gasteiger partial charge in [0.15, 0.2) is 0 Å². The molecule has 1 aliphatic carbocycles. The van der Waals surface area contributed by atoms with E-state index in [1.807, 2.05) is 4.90 Å². The van der Waals surface area contributed by atoms with Gasteiger partial charge in [0.2, 0.25) is 15.9 Å². The lowest BCUT2D eigenvalue weighted by molar-refractivity contribution is -0.141. The van der Waals surface area contributed by atoms with Gasteiger partial charge in [0.1, 0.15) is 11.6 Å². The molecule has 1 saturated carbocycles. The molecule has 0 N–H and O–H groups in total. The highest BCUT2D eigenvalue weighted by Crippen LogP contribution is 2.35. The van der Waals surface area contributed by atoms with E-state index in [1.54, 1.807) is 0 Å². The van der Waals surface area contributed by atoms with Gasteiger partial charge < -0.3 is 9.64 Å². The Morgan fingerprint density at radius 1 is 0.931 bits per heavy atom. The van der Waals surface area contributed by atoms with E-state index in [9.17, 15) is 22.0 Å². The van der Waals surface area contributed by atoms with Crippen molar-refractivity contribution in [2.45, 2.75) is 55.5 Å². The number of carbonyl (C=O) groups excluding carboxylic acids is 1. The van der Waals surface area contributed by atoms with Crippen LogP contribution in [0.2, 0.25) is 0 Å². The molecule has 29 heavy (non-hydrogen) atoms. The molecule has 6 nitrogen and oxygen atoms in total. The summed E-state index contributed by atoms with van der Waals surface area (Å²) in [5.41, 5.74) is 0. The van der Waals surface area contributed by atoms with Crippen LogP contribution >= 0.6 is 0 Å². The summed E-state index contributed by atoms with van der Waals surface area (Å²) in [5, 5.41) is 0. The predicted octanol–water partition coefficient (Wildman–Crippen LogP) is 2.54. The van der Waals surface area contributed by atoms with Crippen LogP contribution in [-0.2, 0) is 19.6 Å². The third-order valence-electron chi connectivity index (χ3n) is 6.06. The van der Waals surface area contributed by atoms with Gasteiger partial charge in [-0.3, -0.25) is 4.79 Å². The standard InChI is InChI=1S/C20H26F2N2O4S/c21-15-11-16(22)13-19(12-15)29(26,27)23-7-3-17(4-8-23)24(20(25)14-1-2-14)18-5-9-28-10-6-18/h11-14,17-18H,1-10H2. The van der Waals surface area contributed by atoms with E-state index in [2.05, 4.69) is 0 Å². The Morgan fingerprint density at radius 3 is 2.03 bits per heavy atom. The van der Waals surface area contributed by atoms with E-state index in [0.717, 1.165) is 37.8 Å². The van der Waals surface area contributed by atoms with Crippen LogP contribution in [0.3, 0.4) is 0 Å². The maximum Gasteiger partial charge on any atom is 0.243 e. The second-order valence-electron chi connectivity index (χ2n) is 8.10. The molecule has 3 fully saturated rings. The molecule has 4 rings (SSSR count). The molecule has 160 valence electrons. The van der Waals surface area contributed by atoms with Crippen molar-refractivity contribution >= 4 is 15.9 Å². The fourth-order valence-corrected chi connectivity index (χ4v) is 5.86. The van der Waals surface area contributed by atoms with Gasteiger partial charge >= 0.3 is 0 Å². The number of carbonyl (C=O) groups is 1. The number of ether oxygens (including phenoxy) is 1. The van der Waals surface area contributed by atoms with Crippen molar-refractivity contribution in [3.63, 3.8) is 0 Å². The van der Waals surface area contributed by atoms with Gasteiger partial charge in [0.25, 0.3) is 0 Å². The normalized spacial score (nSPS) is 22.6. The van der Waals surface area contributed by atoms with Gasteiger partial charge in [-0.05, 0) is 50.7 Å². The first-order valence-corrected chi connectivity index (χ1v) is 11.7. The van der Waals surface area contributed by atoms with Gasteiger partial charge in [0.05, 0.1) is 4.90 Å². The first-order chi connectivity index (χ1) is 13.9. The fraction of sp³-hybridized carbons (Fsp3) is 0.650. The number of rotatable bonds is 5. The van der Waals surface area contributed by atoms with Crippen LogP contribution < -0.4 is 0 Å². The van der Waals surface area contributed by atoms with E-state index in [4.69, 9.17) is 4.74 Å². The molecule has 2 saturated heterocycles. The summed E-state index contributed by atoms with van der Waals surface area (Å²) in [4.78, 5) is 14.6. The second kappa shape index (κ2) is 8.28.